The Labute approximate surface area is 360 Å². The molecule has 1 amide bonds. The number of allylic oxidation sites excluding steroid dienone is 1. The monoisotopic (exact) mass is 842 g/mol. The highest BCUT2D eigenvalue weighted by molar-refractivity contribution is 6.03. The van der Waals surface area contributed by atoms with Crippen LogP contribution >= 0.6 is 0 Å². The molecule has 3 aromatic rings. The van der Waals surface area contributed by atoms with E-state index in [9.17, 15) is 19.4 Å². The molecule has 3 aromatic carbocycles. The summed E-state index contributed by atoms with van der Waals surface area (Å²) < 4.78 is 47.1. The number of oxime groups is 1. The summed E-state index contributed by atoms with van der Waals surface area (Å²) in [4.78, 5) is 22.0. The number of halogens is 1. The number of hydrogen-bond acceptors (Lipinski definition) is 10. The van der Waals surface area contributed by atoms with Gasteiger partial charge in [0.1, 0.15) is 43.2 Å². The second-order valence-electron chi connectivity index (χ2n) is 15.9. The third kappa shape index (κ3) is 11.0. The number of benzene rings is 3. The first-order chi connectivity index (χ1) is 29.9. The van der Waals surface area contributed by atoms with E-state index in [-0.39, 0.29) is 69.6 Å². The van der Waals surface area contributed by atoms with Gasteiger partial charge in [-0.05, 0) is 86.3 Å². The van der Waals surface area contributed by atoms with Gasteiger partial charge in [-0.25, -0.2) is 9.18 Å². The topological polar surface area (TPSA) is 129 Å². The van der Waals surface area contributed by atoms with Crippen LogP contribution in [0.1, 0.15) is 87.8 Å². The van der Waals surface area contributed by atoms with Crippen molar-refractivity contribution in [3.05, 3.63) is 120 Å². The molecule has 12 heteroatoms. The van der Waals surface area contributed by atoms with Crippen molar-refractivity contribution in [3.8, 4) is 11.5 Å². The Hall–Kier alpha value is -4.75. The third-order valence-electron chi connectivity index (χ3n) is 11.9. The molecule has 0 spiro atoms. The summed E-state index contributed by atoms with van der Waals surface area (Å²) in [7, 11) is 0. The molecule has 1 aliphatic heterocycles. The first kappa shape index (κ1) is 45.8. The molecule has 1 fully saturated rings. The van der Waals surface area contributed by atoms with Gasteiger partial charge >= 0.3 is 6.09 Å². The maximum Gasteiger partial charge on any atom is 0.410 e. The number of carbonyl (C=O) groups is 1. The molecule has 0 radical (unpaired) electrons. The van der Waals surface area contributed by atoms with Gasteiger partial charge in [-0.3, -0.25) is 4.90 Å². The van der Waals surface area contributed by atoms with Gasteiger partial charge in [0.15, 0.2) is 0 Å². The summed E-state index contributed by atoms with van der Waals surface area (Å²) in [6.07, 6.45) is 8.92. The quantitative estimate of drug-likeness (QED) is 0.0516. The minimum absolute atomic E-state index is 0.0376. The lowest BCUT2D eigenvalue weighted by Crippen LogP contribution is -2.70. The summed E-state index contributed by atoms with van der Waals surface area (Å²) in [5.74, 6) is -1.19. The number of fused-ring (bicyclic) bond motifs is 2. The fraction of sp³-hybridized carbons (Fsp3) is 0.510. The van der Waals surface area contributed by atoms with Crippen LogP contribution in [0, 0.1) is 23.6 Å². The maximum absolute atomic E-state index is 14.7. The average molecular weight is 843 g/mol. The fourth-order valence-electron chi connectivity index (χ4n) is 9.31. The molecule has 2 N–H and O–H groups in total. The van der Waals surface area contributed by atoms with E-state index in [0.29, 0.717) is 61.8 Å². The van der Waals surface area contributed by atoms with E-state index < -0.39 is 23.8 Å². The van der Waals surface area contributed by atoms with Crippen LogP contribution in [0.5, 0.6) is 11.5 Å². The zero-order valence-corrected chi connectivity index (χ0v) is 35.7. The summed E-state index contributed by atoms with van der Waals surface area (Å²) in [5, 5.41) is 24.5. The molecular formula is C49H63FN2O9. The minimum atomic E-state index is -1.41. The molecule has 11 nitrogen and oxygen atoms in total. The first-order valence-corrected chi connectivity index (χ1v) is 22.0. The normalized spacial score (nSPS) is 23.3. The molecule has 61 heavy (non-hydrogen) atoms. The van der Waals surface area contributed by atoms with Crippen molar-refractivity contribution in [3.63, 3.8) is 0 Å². The van der Waals surface area contributed by atoms with Crippen molar-refractivity contribution in [2.75, 3.05) is 46.2 Å². The van der Waals surface area contributed by atoms with Crippen LogP contribution in [0.15, 0.2) is 102 Å². The lowest BCUT2D eigenvalue weighted by Gasteiger charge is -2.59. The van der Waals surface area contributed by atoms with Crippen LogP contribution in [0.25, 0.3) is 0 Å². The number of nitrogens with zero attached hydrogens (tertiary/aromatic N) is 2. The predicted molar refractivity (Wildman–Crippen MR) is 232 cm³/mol. The highest BCUT2D eigenvalue weighted by Gasteiger charge is 2.65. The van der Waals surface area contributed by atoms with Gasteiger partial charge in [-0.1, -0.05) is 85.6 Å². The number of unbranched alkanes of at least 4 members (excludes halogenated alkanes) is 2. The van der Waals surface area contributed by atoms with Crippen LogP contribution in [0.2, 0.25) is 0 Å². The van der Waals surface area contributed by atoms with Crippen LogP contribution in [-0.2, 0) is 32.3 Å². The zero-order valence-electron chi connectivity index (χ0n) is 35.7. The van der Waals surface area contributed by atoms with Crippen molar-refractivity contribution >= 4 is 11.8 Å². The maximum atomic E-state index is 14.7. The van der Waals surface area contributed by atoms with Crippen LogP contribution in [0.3, 0.4) is 0 Å². The van der Waals surface area contributed by atoms with Gasteiger partial charge in [0, 0.05) is 43.2 Å². The lowest BCUT2D eigenvalue weighted by atomic mass is 9.55. The minimum Gasteiger partial charge on any atom is -0.489 e. The lowest BCUT2D eigenvalue weighted by molar-refractivity contribution is -0.255. The molecular weight excluding hydrogens is 780 g/mol. The van der Waals surface area contributed by atoms with Gasteiger partial charge in [0.05, 0.1) is 31.5 Å². The summed E-state index contributed by atoms with van der Waals surface area (Å²) in [5.41, 5.74) is 4.03. The second-order valence-corrected chi connectivity index (χ2v) is 15.9. The van der Waals surface area contributed by atoms with Crippen molar-refractivity contribution in [2.24, 2.45) is 22.9 Å². The van der Waals surface area contributed by atoms with E-state index in [2.05, 4.69) is 12.7 Å². The van der Waals surface area contributed by atoms with E-state index >= 15 is 0 Å². The van der Waals surface area contributed by atoms with Crippen molar-refractivity contribution in [1.82, 2.24) is 4.90 Å². The smallest absolute Gasteiger partial charge is 0.410 e. The van der Waals surface area contributed by atoms with E-state index in [1.165, 1.54) is 6.07 Å². The van der Waals surface area contributed by atoms with Crippen molar-refractivity contribution in [2.45, 2.75) is 96.2 Å². The number of aliphatic hydroxyl groups is 2. The van der Waals surface area contributed by atoms with Gasteiger partial charge < -0.3 is 38.7 Å². The highest BCUT2D eigenvalue weighted by Crippen LogP contribution is 2.62. The standard InChI is InChI=1S/C49H63FN2O9/c1-4-24-52(48(55)57-29-28-56-33-35-16-8-7-9-17-35)45-32-43(51-60-6-3)40-30-36(18-12-14-25-53)39(20-13-15-26-54)46-41-31-38(58-34-37-19-10-11-21-42(37)50)22-23-44(41)61-49(45,47(40)46)59-27-5-2/h5,7-11,16-17,19,21-23,30-31,36,39,45-47,53-54H,2,4,6,12-15,18,20,24-29,32-34H2,1,3H3. The van der Waals surface area contributed by atoms with Gasteiger partial charge in [-0.15, -0.1) is 6.58 Å². The second kappa shape index (κ2) is 22.9. The number of amides is 1. The molecule has 0 saturated heterocycles. The summed E-state index contributed by atoms with van der Waals surface area (Å²) in [6.45, 7) is 9.65. The Bertz CT molecular complexity index is 1920. The molecule has 0 bridgehead atoms. The molecule has 2 aliphatic carbocycles. The van der Waals surface area contributed by atoms with E-state index in [1.807, 2.05) is 62.4 Å². The number of aliphatic hydroxyl groups excluding tert-OH is 2. The predicted octanol–water partition coefficient (Wildman–Crippen LogP) is 9.12. The van der Waals surface area contributed by atoms with Crippen LogP contribution in [-0.4, -0.2) is 84.9 Å². The van der Waals surface area contributed by atoms with Crippen LogP contribution in [0.4, 0.5) is 9.18 Å². The molecule has 0 aromatic heterocycles. The number of hydrogen-bond donors (Lipinski definition) is 2. The average Bonchev–Trinajstić information content (AvgIpc) is 3.28. The van der Waals surface area contributed by atoms with Gasteiger partial charge in [-0.2, -0.15) is 0 Å². The Morgan fingerprint density at radius 3 is 2.49 bits per heavy atom. The molecule has 330 valence electrons. The first-order valence-electron chi connectivity index (χ1n) is 22.0. The fourth-order valence-corrected chi connectivity index (χ4v) is 9.31. The number of ether oxygens (including phenoxy) is 5. The molecule has 6 rings (SSSR count). The van der Waals surface area contributed by atoms with Crippen molar-refractivity contribution in [1.29, 1.82) is 0 Å². The van der Waals surface area contributed by atoms with Crippen molar-refractivity contribution < 1.29 is 47.9 Å². The number of rotatable bonds is 24. The molecule has 1 heterocycles. The SMILES string of the molecule is C=CCOC12Oc3ccc(OCc4ccccc4F)cc3C3C(CCCCO)C(CCCCO)C=C(C(=NOCC)CC1N(CCC)C(=O)OCCOCc1ccccc1)C32. The Morgan fingerprint density at radius 2 is 1.75 bits per heavy atom. The molecule has 1 saturated carbocycles. The number of carbonyl (C=O) groups excluding carboxylic acids is 1. The van der Waals surface area contributed by atoms with E-state index in [1.54, 1.807) is 29.2 Å². The van der Waals surface area contributed by atoms with Gasteiger partial charge in [0.2, 0.25) is 5.79 Å². The Kier molecular flexibility index (Phi) is 17.2. The van der Waals surface area contributed by atoms with E-state index in [4.69, 9.17) is 33.7 Å². The zero-order chi connectivity index (χ0) is 43.0. The largest absolute Gasteiger partial charge is 0.489 e. The third-order valence-corrected chi connectivity index (χ3v) is 11.9. The molecule has 6 atom stereocenters. The Morgan fingerprint density at radius 1 is 0.984 bits per heavy atom. The van der Waals surface area contributed by atoms with E-state index in [0.717, 1.165) is 42.4 Å². The summed E-state index contributed by atoms with van der Waals surface area (Å²) in [6, 6.07) is 21.4. The summed E-state index contributed by atoms with van der Waals surface area (Å²) >= 11 is 0. The van der Waals surface area contributed by atoms with Gasteiger partial charge in [0.25, 0.3) is 0 Å². The molecule has 3 aliphatic rings. The Balaban J connectivity index is 1.45. The molecule has 6 unspecified atom stereocenters. The highest BCUT2D eigenvalue weighted by atomic mass is 19.1. The van der Waals surface area contributed by atoms with Crippen LogP contribution < -0.4 is 9.47 Å².